The summed E-state index contributed by atoms with van der Waals surface area (Å²) in [5.41, 5.74) is 5.62. The first-order valence-electron chi connectivity index (χ1n) is 6.04. The van der Waals surface area contributed by atoms with Gasteiger partial charge in [0.2, 0.25) is 0 Å². The van der Waals surface area contributed by atoms with E-state index in [1.165, 1.54) is 6.07 Å². The van der Waals surface area contributed by atoms with Crippen LogP contribution in [0.2, 0.25) is 0 Å². The number of nitrogens with two attached hydrogens (primary N) is 1. The van der Waals surface area contributed by atoms with Crippen LogP contribution >= 0.6 is 0 Å². The van der Waals surface area contributed by atoms with Gasteiger partial charge >= 0.3 is 5.97 Å². The van der Waals surface area contributed by atoms with Crippen LogP contribution in [0.4, 0.5) is 10.1 Å². The van der Waals surface area contributed by atoms with E-state index in [1.54, 1.807) is 0 Å². The molecule has 0 aliphatic carbocycles. The van der Waals surface area contributed by atoms with Crippen molar-refractivity contribution in [1.82, 2.24) is 5.32 Å². The van der Waals surface area contributed by atoms with Crippen LogP contribution in [-0.2, 0) is 4.79 Å². The summed E-state index contributed by atoms with van der Waals surface area (Å²) in [6.07, 6.45) is 1.82. The van der Waals surface area contributed by atoms with Crippen LogP contribution in [0.15, 0.2) is 18.2 Å². The minimum Gasteiger partial charge on any atom is -0.480 e. The molecule has 0 saturated carbocycles. The number of carbonyl (C=O) groups is 2. The number of rotatable bonds is 6. The first-order valence-corrected chi connectivity index (χ1v) is 6.04. The zero-order chi connectivity index (χ0) is 14.4. The molecule has 0 saturated heterocycles. The molecular weight excluding hydrogens is 251 g/mol. The minimum absolute atomic E-state index is 0.0530. The predicted octanol–water partition coefficient (Wildman–Crippen LogP) is 1.78. The van der Waals surface area contributed by atoms with Gasteiger partial charge in [0.25, 0.3) is 5.91 Å². The smallest absolute Gasteiger partial charge is 0.326 e. The van der Waals surface area contributed by atoms with E-state index in [4.69, 9.17) is 10.8 Å². The molecule has 1 atom stereocenters. The molecule has 1 amide bonds. The molecule has 1 aromatic carbocycles. The number of carbonyl (C=O) groups excluding carboxylic acids is 1. The number of halogens is 1. The third-order valence-electron chi connectivity index (χ3n) is 2.71. The van der Waals surface area contributed by atoms with Crippen molar-refractivity contribution in [3.63, 3.8) is 0 Å². The van der Waals surface area contributed by atoms with E-state index in [9.17, 15) is 14.0 Å². The fraction of sp³-hybridized carbons (Fsp3) is 0.385. The molecule has 0 aromatic heterocycles. The lowest BCUT2D eigenvalue weighted by Gasteiger charge is -2.14. The van der Waals surface area contributed by atoms with Gasteiger partial charge in [0, 0.05) is 5.69 Å². The van der Waals surface area contributed by atoms with Gasteiger partial charge in [0.1, 0.15) is 11.9 Å². The summed E-state index contributed by atoms with van der Waals surface area (Å²) in [5, 5.41) is 11.3. The lowest BCUT2D eigenvalue weighted by Crippen LogP contribution is -2.41. The lowest BCUT2D eigenvalue weighted by atomic mass is 10.1. The summed E-state index contributed by atoms with van der Waals surface area (Å²) in [7, 11) is 0. The van der Waals surface area contributed by atoms with Crippen molar-refractivity contribution in [2.45, 2.75) is 32.2 Å². The molecule has 0 spiro atoms. The second-order valence-corrected chi connectivity index (χ2v) is 4.24. The van der Waals surface area contributed by atoms with Crippen LogP contribution in [0.25, 0.3) is 0 Å². The molecule has 0 bridgehead atoms. The predicted molar refractivity (Wildman–Crippen MR) is 69.2 cm³/mol. The fourth-order valence-electron chi connectivity index (χ4n) is 1.63. The van der Waals surface area contributed by atoms with Crippen LogP contribution < -0.4 is 11.1 Å². The number of benzene rings is 1. The molecule has 1 rings (SSSR count). The number of carboxylic acid groups (broad SMARTS) is 1. The molecule has 6 heteroatoms. The molecule has 0 radical (unpaired) electrons. The van der Waals surface area contributed by atoms with Crippen molar-refractivity contribution in [2.75, 3.05) is 5.73 Å². The van der Waals surface area contributed by atoms with Crippen LogP contribution in [-0.4, -0.2) is 23.0 Å². The van der Waals surface area contributed by atoms with Crippen LogP contribution in [0.5, 0.6) is 0 Å². The third kappa shape index (κ3) is 4.24. The molecule has 0 fully saturated rings. The van der Waals surface area contributed by atoms with Gasteiger partial charge in [-0.1, -0.05) is 19.8 Å². The molecule has 104 valence electrons. The Balaban J connectivity index is 2.81. The number of hydrogen-bond donors (Lipinski definition) is 3. The molecule has 4 N–H and O–H groups in total. The van der Waals surface area contributed by atoms with E-state index in [-0.39, 0.29) is 11.3 Å². The first-order chi connectivity index (χ1) is 8.95. The number of unbranched alkanes of at least 4 members (excludes halogenated alkanes) is 1. The average Bonchev–Trinajstić information content (AvgIpc) is 2.36. The lowest BCUT2D eigenvalue weighted by molar-refractivity contribution is -0.139. The van der Waals surface area contributed by atoms with E-state index in [0.717, 1.165) is 18.6 Å². The largest absolute Gasteiger partial charge is 0.480 e. The Bertz CT molecular complexity index is 477. The molecule has 0 unspecified atom stereocenters. The van der Waals surface area contributed by atoms with E-state index < -0.39 is 23.7 Å². The van der Waals surface area contributed by atoms with Gasteiger partial charge in [-0.15, -0.1) is 0 Å². The van der Waals surface area contributed by atoms with Crippen molar-refractivity contribution in [1.29, 1.82) is 0 Å². The van der Waals surface area contributed by atoms with Gasteiger partial charge in [0.05, 0.1) is 5.56 Å². The van der Waals surface area contributed by atoms with Crippen molar-refractivity contribution >= 4 is 17.6 Å². The van der Waals surface area contributed by atoms with Gasteiger partial charge in [-0.05, 0) is 24.6 Å². The number of aliphatic carboxylic acids is 1. The van der Waals surface area contributed by atoms with Gasteiger partial charge in [-0.3, -0.25) is 4.79 Å². The molecule has 5 nitrogen and oxygen atoms in total. The highest BCUT2D eigenvalue weighted by molar-refractivity contribution is 6.00. The normalized spacial score (nSPS) is 11.9. The average molecular weight is 268 g/mol. The van der Waals surface area contributed by atoms with Gasteiger partial charge in [-0.25, -0.2) is 9.18 Å². The Kier molecular flexibility index (Phi) is 5.29. The molecule has 0 aliphatic rings. The standard InChI is InChI=1S/C13H17FN2O3/c1-2-3-4-11(13(18)19)16-12(17)9-7-8(14)5-6-10(9)15/h5-7,11H,2-4,15H2,1H3,(H,16,17)(H,18,19)/t11-/m0/s1. The monoisotopic (exact) mass is 268 g/mol. The van der Waals surface area contributed by atoms with Gasteiger partial charge in [-0.2, -0.15) is 0 Å². The van der Waals surface area contributed by atoms with Crippen molar-refractivity contribution in [2.24, 2.45) is 0 Å². The molecule has 1 aromatic rings. The number of anilines is 1. The third-order valence-corrected chi connectivity index (χ3v) is 2.71. The van der Waals surface area contributed by atoms with Gasteiger partial charge in [0.15, 0.2) is 0 Å². The Hall–Kier alpha value is -2.11. The maximum Gasteiger partial charge on any atom is 0.326 e. The summed E-state index contributed by atoms with van der Waals surface area (Å²) in [5.74, 6) is -2.39. The van der Waals surface area contributed by atoms with Gasteiger partial charge < -0.3 is 16.2 Å². The highest BCUT2D eigenvalue weighted by atomic mass is 19.1. The number of carboxylic acids is 1. The topological polar surface area (TPSA) is 92.4 Å². The maximum atomic E-state index is 13.1. The highest BCUT2D eigenvalue weighted by Crippen LogP contribution is 2.14. The number of hydrogen-bond acceptors (Lipinski definition) is 3. The SMILES string of the molecule is CCCC[C@H](NC(=O)c1cc(F)ccc1N)C(=O)O. The van der Waals surface area contributed by atoms with E-state index in [1.807, 2.05) is 6.92 Å². The van der Waals surface area contributed by atoms with E-state index in [0.29, 0.717) is 12.8 Å². The van der Waals surface area contributed by atoms with E-state index in [2.05, 4.69) is 5.32 Å². The second-order valence-electron chi connectivity index (χ2n) is 4.24. The fourth-order valence-corrected chi connectivity index (χ4v) is 1.63. The van der Waals surface area contributed by atoms with Crippen LogP contribution in [0.1, 0.15) is 36.5 Å². The summed E-state index contributed by atoms with van der Waals surface area (Å²) in [6, 6.07) is 2.41. The molecule has 0 aliphatic heterocycles. The molecule has 19 heavy (non-hydrogen) atoms. The highest BCUT2D eigenvalue weighted by Gasteiger charge is 2.21. The van der Waals surface area contributed by atoms with Crippen molar-refractivity contribution in [3.8, 4) is 0 Å². The van der Waals surface area contributed by atoms with Crippen molar-refractivity contribution < 1.29 is 19.1 Å². The Labute approximate surface area is 110 Å². The number of amides is 1. The molecule has 0 heterocycles. The van der Waals surface area contributed by atoms with Crippen LogP contribution in [0, 0.1) is 5.82 Å². The second kappa shape index (κ2) is 6.72. The maximum absolute atomic E-state index is 13.1. The van der Waals surface area contributed by atoms with Crippen LogP contribution in [0.3, 0.4) is 0 Å². The van der Waals surface area contributed by atoms with E-state index >= 15 is 0 Å². The first kappa shape index (κ1) is 14.9. The quantitative estimate of drug-likeness (QED) is 0.686. The Morgan fingerprint density at radius 3 is 2.74 bits per heavy atom. The zero-order valence-corrected chi connectivity index (χ0v) is 10.6. The van der Waals surface area contributed by atoms with Crippen molar-refractivity contribution in [3.05, 3.63) is 29.6 Å². The summed E-state index contributed by atoms with van der Waals surface area (Å²) in [4.78, 5) is 22.9. The summed E-state index contributed by atoms with van der Waals surface area (Å²) >= 11 is 0. The number of nitrogens with one attached hydrogen (secondary N) is 1. The Morgan fingerprint density at radius 1 is 1.47 bits per heavy atom. The summed E-state index contributed by atoms with van der Waals surface area (Å²) < 4.78 is 13.1. The number of nitrogen functional groups attached to an aromatic ring is 1. The minimum atomic E-state index is -1.11. The molecular formula is C13H17FN2O3. The zero-order valence-electron chi connectivity index (χ0n) is 10.6. The Morgan fingerprint density at radius 2 is 2.16 bits per heavy atom. The summed E-state index contributed by atoms with van der Waals surface area (Å²) in [6.45, 7) is 1.92.